The van der Waals surface area contributed by atoms with E-state index in [2.05, 4.69) is 16.9 Å². The van der Waals surface area contributed by atoms with E-state index in [9.17, 15) is 8.42 Å². The number of nitrogens with two attached hydrogens (primary N) is 1. The molecule has 1 aromatic carbocycles. The van der Waals surface area contributed by atoms with Gasteiger partial charge in [0.05, 0.1) is 4.90 Å². The molecule has 1 aliphatic rings. The number of fused-ring (bicyclic) bond motifs is 1. The van der Waals surface area contributed by atoms with Crippen LogP contribution in [-0.2, 0) is 10.0 Å². The summed E-state index contributed by atoms with van der Waals surface area (Å²) in [6.07, 6.45) is 4.21. The van der Waals surface area contributed by atoms with Gasteiger partial charge in [-0.3, -0.25) is 0 Å². The van der Waals surface area contributed by atoms with Crippen molar-refractivity contribution in [3.63, 3.8) is 0 Å². The van der Waals surface area contributed by atoms with Crippen LogP contribution in [0.5, 0.6) is 0 Å². The maximum Gasteiger partial charge on any atom is 0.238 e. The second-order valence-electron chi connectivity index (χ2n) is 5.57. The van der Waals surface area contributed by atoms with Gasteiger partial charge in [-0.15, -0.1) is 12.4 Å². The zero-order valence-electron chi connectivity index (χ0n) is 11.9. The Hall–Kier alpha value is -1.08. The first-order chi connectivity index (χ1) is 9.45. The van der Waals surface area contributed by atoms with Gasteiger partial charge in [-0.25, -0.2) is 13.6 Å². The lowest BCUT2D eigenvalue weighted by Gasteiger charge is -2.28. The van der Waals surface area contributed by atoms with Crippen molar-refractivity contribution in [2.75, 3.05) is 20.1 Å². The Morgan fingerprint density at radius 2 is 1.95 bits per heavy atom. The summed E-state index contributed by atoms with van der Waals surface area (Å²) in [6.45, 7) is 2.15. The number of H-pyrrole nitrogens is 1. The lowest BCUT2D eigenvalue weighted by Crippen LogP contribution is -2.29. The highest BCUT2D eigenvalue weighted by Gasteiger charge is 2.21. The van der Waals surface area contributed by atoms with Crippen molar-refractivity contribution in [3.8, 4) is 0 Å². The van der Waals surface area contributed by atoms with E-state index in [0.29, 0.717) is 5.92 Å². The first-order valence-corrected chi connectivity index (χ1v) is 8.32. The van der Waals surface area contributed by atoms with Crippen LogP contribution in [0, 0.1) is 0 Å². The highest BCUT2D eigenvalue weighted by molar-refractivity contribution is 7.89. The first-order valence-electron chi connectivity index (χ1n) is 6.77. The minimum Gasteiger partial charge on any atom is -0.361 e. The Balaban J connectivity index is 0.00000161. The summed E-state index contributed by atoms with van der Waals surface area (Å²) < 4.78 is 23.0. The molecule has 2 heterocycles. The average Bonchev–Trinajstić information content (AvgIpc) is 2.81. The third-order valence-electron chi connectivity index (χ3n) is 4.17. The smallest absolute Gasteiger partial charge is 0.238 e. The predicted molar refractivity (Wildman–Crippen MR) is 86.4 cm³/mol. The van der Waals surface area contributed by atoms with Gasteiger partial charge < -0.3 is 9.88 Å². The molecule has 7 heteroatoms. The number of benzene rings is 1. The standard InChI is InChI=1S/C14H19N3O2S.ClH/c1-17-6-4-10(5-7-17)13-9-16-14-3-2-11(8-12(13)14)20(15,18)19;/h2-3,8-10,16H,4-7H2,1H3,(H2,15,18,19);1H. The molecule has 0 bridgehead atoms. The Kier molecular flexibility index (Phi) is 4.63. The molecule has 1 aliphatic heterocycles. The Labute approximate surface area is 131 Å². The van der Waals surface area contributed by atoms with Crippen molar-refractivity contribution in [1.82, 2.24) is 9.88 Å². The quantitative estimate of drug-likeness (QED) is 0.885. The third kappa shape index (κ3) is 3.23. The third-order valence-corrected chi connectivity index (χ3v) is 5.08. The summed E-state index contributed by atoms with van der Waals surface area (Å²) in [6, 6.07) is 5.02. The highest BCUT2D eigenvalue weighted by Crippen LogP contribution is 2.33. The molecule has 0 unspecified atom stereocenters. The maximum absolute atomic E-state index is 11.5. The van der Waals surface area contributed by atoms with Crippen LogP contribution in [0.25, 0.3) is 10.9 Å². The van der Waals surface area contributed by atoms with E-state index >= 15 is 0 Å². The van der Waals surface area contributed by atoms with Gasteiger partial charge in [-0.1, -0.05) is 0 Å². The van der Waals surface area contributed by atoms with E-state index in [4.69, 9.17) is 5.14 Å². The highest BCUT2D eigenvalue weighted by atomic mass is 35.5. The van der Waals surface area contributed by atoms with Crippen molar-refractivity contribution >= 4 is 33.3 Å². The molecule has 2 aromatic rings. The van der Waals surface area contributed by atoms with E-state index in [-0.39, 0.29) is 17.3 Å². The van der Waals surface area contributed by atoms with Gasteiger partial charge in [0.2, 0.25) is 10.0 Å². The van der Waals surface area contributed by atoms with E-state index in [1.54, 1.807) is 18.2 Å². The largest absolute Gasteiger partial charge is 0.361 e. The zero-order valence-corrected chi connectivity index (χ0v) is 13.5. The fraction of sp³-hybridized carbons (Fsp3) is 0.429. The minimum absolute atomic E-state index is 0. The molecule has 5 nitrogen and oxygen atoms in total. The van der Waals surface area contributed by atoms with Gasteiger partial charge in [0.15, 0.2) is 0 Å². The topological polar surface area (TPSA) is 79.2 Å². The van der Waals surface area contributed by atoms with Crippen LogP contribution in [0.4, 0.5) is 0 Å². The number of rotatable bonds is 2. The van der Waals surface area contributed by atoms with Crippen LogP contribution in [0.15, 0.2) is 29.3 Å². The number of hydrogen-bond acceptors (Lipinski definition) is 3. The molecule has 3 N–H and O–H groups in total. The minimum atomic E-state index is -3.65. The summed E-state index contributed by atoms with van der Waals surface area (Å²) in [5.74, 6) is 0.482. The van der Waals surface area contributed by atoms with Gasteiger partial charge in [0, 0.05) is 17.1 Å². The van der Waals surface area contributed by atoms with Crippen LogP contribution in [-0.4, -0.2) is 38.4 Å². The molecule has 1 aromatic heterocycles. The van der Waals surface area contributed by atoms with Crippen molar-refractivity contribution in [3.05, 3.63) is 30.0 Å². The molecule has 3 rings (SSSR count). The summed E-state index contributed by atoms with van der Waals surface area (Å²) in [5.41, 5.74) is 2.17. The molecular formula is C14H20ClN3O2S. The molecule has 1 fully saturated rings. The van der Waals surface area contributed by atoms with Gasteiger partial charge in [0.1, 0.15) is 0 Å². The normalized spacial score (nSPS) is 17.8. The Morgan fingerprint density at radius 3 is 2.57 bits per heavy atom. The van der Waals surface area contributed by atoms with Crippen LogP contribution in [0.3, 0.4) is 0 Å². The summed E-state index contributed by atoms with van der Waals surface area (Å²) in [7, 11) is -1.52. The lowest BCUT2D eigenvalue weighted by atomic mass is 9.89. The molecule has 0 amide bonds. The molecule has 0 atom stereocenters. The average molecular weight is 330 g/mol. The van der Waals surface area contributed by atoms with Crippen LogP contribution >= 0.6 is 12.4 Å². The fourth-order valence-corrected chi connectivity index (χ4v) is 3.50. The monoisotopic (exact) mass is 329 g/mol. The number of aromatic nitrogens is 1. The summed E-state index contributed by atoms with van der Waals surface area (Å²) in [5, 5.41) is 6.20. The molecule has 0 saturated carbocycles. The molecule has 0 radical (unpaired) electrons. The number of primary sulfonamides is 1. The number of hydrogen-bond donors (Lipinski definition) is 2. The van der Waals surface area contributed by atoms with E-state index in [1.807, 2.05) is 6.20 Å². The maximum atomic E-state index is 11.5. The second-order valence-corrected chi connectivity index (χ2v) is 7.14. The number of halogens is 1. The van der Waals surface area contributed by atoms with Gasteiger partial charge in [-0.05, 0) is 62.7 Å². The van der Waals surface area contributed by atoms with E-state index in [0.717, 1.165) is 36.8 Å². The van der Waals surface area contributed by atoms with E-state index < -0.39 is 10.0 Å². The number of nitrogens with zero attached hydrogens (tertiary/aromatic N) is 1. The van der Waals surface area contributed by atoms with Crippen LogP contribution in [0.2, 0.25) is 0 Å². The first kappa shape index (κ1) is 16.3. The van der Waals surface area contributed by atoms with E-state index in [1.165, 1.54) is 5.56 Å². The molecule has 0 spiro atoms. The zero-order chi connectivity index (χ0) is 14.3. The number of nitrogens with one attached hydrogen (secondary N) is 1. The summed E-state index contributed by atoms with van der Waals surface area (Å²) >= 11 is 0. The second kappa shape index (κ2) is 5.96. The van der Waals surface area contributed by atoms with Crippen LogP contribution in [0.1, 0.15) is 24.3 Å². The Morgan fingerprint density at radius 1 is 1.29 bits per heavy atom. The molecule has 1 saturated heterocycles. The van der Waals surface area contributed by atoms with Crippen molar-refractivity contribution < 1.29 is 8.42 Å². The Bertz CT molecular complexity index is 734. The van der Waals surface area contributed by atoms with Crippen LogP contribution < -0.4 is 5.14 Å². The number of piperidine rings is 1. The van der Waals surface area contributed by atoms with Crippen molar-refractivity contribution in [2.45, 2.75) is 23.7 Å². The fourth-order valence-electron chi connectivity index (χ4n) is 2.96. The number of likely N-dealkylation sites (tertiary alicyclic amines) is 1. The number of aromatic amines is 1. The SMILES string of the molecule is CN1CCC(c2c[nH]c3ccc(S(N)(=O)=O)cc23)CC1.Cl. The summed E-state index contributed by atoms with van der Waals surface area (Å²) in [4.78, 5) is 5.73. The van der Waals surface area contributed by atoms with Crippen molar-refractivity contribution in [1.29, 1.82) is 0 Å². The predicted octanol–water partition coefficient (Wildman–Crippen LogP) is 2.05. The number of sulfonamides is 1. The van der Waals surface area contributed by atoms with Gasteiger partial charge >= 0.3 is 0 Å². The molecular weight excluding hydrogens is 310 g/mol. The van der Waals surface area contributed by atoms with Gasteiger partial charge in [0.25, 0.3) is 0 Å². The molecule has 116 valence electrons. The van der Waals surface area contributed by atoms with Crippen molar-refractivity contribution in [2.24, 2.45) is 5.14 Å². The van der Waals surface area contributed by atoms with Gasteiger partial charge in [-0.2, -0.15) is 0 Å². The lowest BCUT2D eigenvalue weighted by molar-refractivity contribution is 0.256. The molecule has 0 aliphatic carbocycles. The molecule has 21 heavy (non-hydrogen) atoms.